The van der Waals surface area contributed by atoms with Crippen LogP contribution in [-0.4, -0.2) is 20.4 Å². The summed E-state index contributed by atoms with van der Waals surface area (Å²) in [6, 6.07) is 1.77. The third kappa shape index (κ3) is 3.22. The van der Waals surface area contributed by atoms with Gasteiger partial charge < -0.3 is 10.3 Å². The Hall–Kier alpha value is -1.56. The zero-order valence-electron chi connectivity index (χ0n) is 10.5. The predicted molar refractivity (Wildman–Crippen MR) is 73.0 cm³/mol. The number of hydrogen-bond acceptors (Lipinski definition) is 6. The molecule has 0 aromatic carbocycles. The van der Waals surface area contributed by atoms with Crippen molar-refractivity contribution in [2.24, 2.45) is 0 Å². The molecule has 96 valence electrons. The summed E-state index contributed by atoms with van der Waals surface area (Å²) in [5, 5.41) is 4.55. The van der Waals surface area contributed by atoms with E-state index in [0.717, 1.165) is 17.7 Å². The maximum Gasteiger partial charge on any atom is 0.259 e. The molecule has 2 N–H and O–H groups in total. The summed E-state index contributed by atoms with van der Waals surface area (Å²) in [6.45, 7) is 4.35. The Kier molecular flexibility index (Phi) is 4.19. The summed E-state index contributed by atoms with van der Waals surface area (Å²) in [7, 11) is 0. The molecule has 0 amide bonds. The van der Waals surface area contributed by atoms with Crippen LogP contribution in [0.4, 0.5) is 5.69 Å². The van der Waals surface area contributed by atoms with Gasteiger partial charge in [0.15, 0.2) is 5.82 Å². The lowest BCUT2D eigenvalue weighted by Gasteiger charge is -2.04. The Morgan fingerprint density at radius 1 is 1.44 bits per heavy atom. The van der Waals surface area contributed by atoms with Crippen molar-refractivity contribution in [2.75, 3.05) is 5.73 Å². The van der Waals surface area contributed by atoms with Gasteiger partial charge in [0.1, 0.15) is 0 Å². The van der Waals surface area contributed by atoms with E-state index in [-0.39, 0.29) is 0 Å². The molecular formula is C12H16N4OS. The number of thioether (sulfide) groups is 1. The third-order valence-electron chi connectivity index (χ3n) is 2.55. The molecule has 0 aliphatic rings. The maximum absolute atomic E-state index is 5.66. The Labute approximate surface area is 110 Å². The van der Waals surface area contributed by atoms with E-state index in [1.54, 1.807) is 18.5 Å². The standard InChI is InChI=1S/C12H16N4OS/c1-3-8(2)18-7-11-15-12(17-16-11)9-4-10(13)6-14-5-9/h4-6,8H,3,7,13H2,1-2H3. The van der Waals surface area contributed by atoms with Crippen molar-refractivity contribution in [1.29, 1.82) is 0 Å². The van der Waals surface area contributed by atoms with Crippen molar-refractivity contribution in [2.45, 2.75) is 31.3 Å². The minimum absolute atomic E-state index is 0.467. The van der Waals surface area contributed by atoms with E-state index >= 15 is 0 Å². The molecule has 2 heterocycles. The number of nitrogens with zero attached hydrogens (tertiary/aromatic N) is 3. The number of pyridine rings is 1. The summed E-state index contributed by atoms with van der Waals surface area (Å²) in [4.78, 5) is 8.33. The topological polar surface area (TPSA) is 77.8 Å². The van der Waals surface area contributed by atoms with Crippen LogP contribution < -0.4 is 5.73 Å². The molecule has 5 nitrogen and oxygen atoms in total. The number of hydrogen-bond donors (Lipinski definition) is 1. The molecule has 0 bridgehead atoms. The summed E-state index contributed by atoms with van der Waals surface area (Å²) in [5.74, 6) is 1.93. The fourth-order valence-electron chi connectivity index (χ4n) is 1.34. The molecule has 2 aromatic rings. The second-order valence-electron chi connectivity index (χ2n) is 4.05. The molecule has 0 aliphatic carbocycles. The van der Waals surface area contributed by atoms with E-state index in [0.29, 0.717) is 22.7 Å². The van der Waals surface area contributed by atoms with Crippen LogP contribution in [0, 0.1) is 0 Å². The molecule has 0 aliphatic heterocycles. The van der Waals surface area contributed by atoms with E-state index in [1.165, 1.54) is 0 Å². The van der Waals surface area contributed by atoms with E-state index < -0.39 is 0 Å². The summed E-state index contributed by atoms with van der Waals surface area (Å²) in [6.07, 6.45) is 4.38. The van der Waals surface area contributed by atoms with E-state index in [2.05, 4.69) is 29.0 Å². The molecule has 1 unspecified atom stereocenters. The highest BCUT2D eigenvalue weighted by atomic mass is 32.2. The number of nitrogens with two attached hydrogens (primary N) is 1. The monoisotopic (exact) mass is 264 g/mol. The molecule has 0 fully saturated rings. The van der Waals surface area contributed by atoms with Gasteiger partial charge in [-0.1, -0.05) is 19.0 Å². The van der Waals surface area contributed by atoms with E-state index in [4.69, 9.17) is 10.3 Å². The maximum atomic E-state index is 5.66. The number of anilines is 1. The molecule has 0 radical (unpaired) electrons. The van der Waals surface area contributed by atoms with Crippen LogP contribution in [-0.2, 0) is 5.75 Å². The van der Waals surface area contributed by atoms with Crippen molar-refractivity contribution < 1.29 is 4.52 Å². The van der Waals surface area contributed by atoms with Crippen molar-refractivity contribution in [3.63, 3.8) is 0 Å². The number of aromatic nitrogens is 3. The van der Waals surface area contributed by atoms with Crippen molar-refractivity contribution in [3.05, 3.63) is 24.3 Å². The van der Waals surface area contributed by atoms with Gasteiger partial charge in [0, 0.05) is 17.6 Å². The van der Waals surface area contributed by atoms with Gasteiger partial charge in [-0.05, 0) is 12.5 Å². The number of nitrogen functional groups attached to an aromatic ring is 1. The first-order chi connectivity index (χ1) is 8.69. The lowest BCUT2D eigenvalue weighted by atomic mass is 10.2. The molecule has 18 heavy (non-hydrogen) atoms. The van der Waals surface area contributed by atoms with Crippen LogP contribution in [0.25, 0.3) is 11.5 Å². The predicted octanol–water partition coefficient (Wildman–Crippen LogP) is 2.75. The fraction of sp³-hybridized carbons (Fsp3) is 0.417. The highest BCUT2D eigenvalue weighted by Gasteiger charge is 2.10. The highest BCUT2D eigenvalue weighted by Crippen LogP contribution is 2.22. The molecule has 0 spiro atoms. The zero-order valence-corrected chi connectivity index (χ0v) is 11.3. The smallest absolute Gasteiger partial charge is 0.259 e. The van der Waals surface area contributed by atoms with Crippen LogP contribution in [0.1, 0.15) is 26.1 Å². The van der Waals surface area contributed by atoms with Gasteiger partial charge in [0.25, 0.3) is 5.89 Å². The number of rotatable bonds is 5. The van der Waals surface area contributed by atoms with Crippen LogP contribution in [0.3, 0.4) is 0 Å². The molecule has 0 saturated carbocycles. The molecular weight excluding hydrogens is 248 g/mol. The quantitative estimate of drug-likeness (QED) is 0.894. The Bertz CT molecular complexity index is 514. The normalized spacial score (nSPS) is 12.6. The lowest BCUT2D eigenvalue weighted by Crippen LogP contribution is -1.94. The summed E-state index contributed by atoms with van der Waals surface area (Å²) in [5.41, 5.74) is 7.00. The van der Waals surface area contributed by atoms with Gasteiger partial charge >= 0.3 is 0 Å². The van der Waals surface area contributed by atoms with Crippen molar-refractivity contribution in [1.82, 2.24) is 15.1 Å². The second kappa shape index (κ2) is 5.86. The second-order valence-corrected chi connectivity index (χ2v) is 5.48. The summed E-state index contributed by atoms with van der Waals surface area (Å²) < 4.78 is 5.20. The van der Waals surface area contributed by atoms with Gasteiger partial charge in [0.05, 0.1) is 17.0 Å². The van der Waals surface area contributed by atoms with Gasteiger partial charge in [-0.25, -0.2) is 0 Å². The van der Waals surface area contributed by atoms with Gasteiger partial charge in [-0.3, -0.25) is 4.98 Å². The van der Waals surface area contributed by atoms with Crippen LogP contribution in [0.2, 0.25) is 0 Å². The Morgan fingerprint density at radius 3 is 3.00 bits per heavy atom. The first kappa shape index (κ1) is 12.9. The molecule has 6 heteroatoms. The molecule has 2 rings (SSSR count). The van der Waals surface area contributed by atoms with Gasteiger partial charge in [-0.15, -0.1) is 0 Å². The van der Waals surface area contributed by atoms with Gasteiger partial charge in [-0.2, -0.15) is 16.7 Å². The van der Waals surface area contributed by atoms with Crippen LogP contribution in [0.5, 0.6) is 0 Å². The third-order valence-corrected chi connectivity index (χ3v) is 3.87. The average molecular weight is 264 g/mol. The zero-order chi connectivity index (χ0) is 13.0. The average Bonchev–Trinajstić information content (AvgIpc) is 2.84. The van der Waals surface area contributed by atoms with Crippen molar-refractivity contribution in [3.8, 4) is 11.5 Å². The fourth-order valence-corrected chi connectivity index (χ4v) is 2.13. The minimum Gasteiger partial charge on any atom is -0.397 e. The molecule has 2 aromatic heterocycles. The van der Waals surface area contributed by atoms with Crippen LogP contribution in [0.15, 0.2) is 23.0 Å². The van der Waals surface area contributed by atoms with Crippen LogP contribution >= 0.6 is 11.8 Å². The Morgan fingerprint density at radius 2 is 2.28 bits per heavy atom. The first-order valence-corrected chi connectivity index (χ1v) is 6.89. The highest BCUT2D eigenvalue weighted by molar-refractivity contribution is 7.99. The van der Waals surface area contributed by atoms with E-state index in [9.17, 15) is 0 Å². The lowest BCUT2D eigenvalue weighted by molar-refractivity contribution is 0.425. The Balaban J connectivity index is 2.06. The molecule has 1 atom stereocenters. The van der Waals surface area contributed by atoms with Crippen molar-refractivity contribution >= 4 is 17.4 Å². The van der Waals surface area contributed by atoms with E-state index in [1.807, 2.05) is 11.8 Å². The molecule has 0 saturated heterocycles. The first-order valence-electron chi connectivity index (χ1n) is 5.84. The summed E-state index contributed by atoms with van der Waals surface area (Å²) >= 11 is 1.82. The van der Waals surface area contributed by atoms with Gasteiger partial charge in [0.2, 0.25) is 0 Å². The SMILES string of the molecule is CCC(C)SCc1noc(-c2cncc(N)c2)n1. The largest absolute Gasteiger partial charge is 0.397 e. The minimum atomic E-state index is 0.467.